The average molecular weight is 440 g/mol. The maximum atomic E-state index is 13.9. The van der Waals surface area contributed by atoms with E-state index in [4.69, 9.17) is 0 Å². The van der Waals surface area contributed by atoms with Crippen LogP contribution in [0.25, 0.3) is 27.8 Å². The summed E-state index contributed by atoms with van der Waals surface area (Å²) < 4.78 is 15.8. The third-order valence-corrected chi connectivity index (χ3v) is 6.14. The quantitative estimate of drug-likeness (QED) is 0.179. The topological polar surface area (TPSA) is 47.8 Å². The summed E-state index contributed by atoms with van der Waals surface area (Å²) >= 11 is 1.39. The Kier molecular flexibility index (Phi) is 5.52. The molecule has 0 saturated heterocycles. The normalized spacial score (nSPS) is 11.0. The van der Waals surface area contributed by atoms with Crippen molar-refractivity contribution in [2.24, 2.45) is 0 Å². The zero-order valence-electron chi connectivity index (χ0n) is 17.0. The van der Waals surface area contributed by atoms with Crippen LogP contribution >= 0.6 is 11.8 Å². The van der Waals surface area contributed by atoms with Crippen LogP contribution < -0.4 is 0 Å². The summed E-state index contributed by atoms with van der Waals surface area (Å²) in [5.74, 6) is -0.0221. The molecule has 5 aromatic rings. The Morgan fingerprint density at radius 2 is 1.66 bits per heavy atom. The second-order valence-corrected chi connectivity index (χ2v) is 8.18. The minimum atomic E-state index is -0.317. The van der Waals surface area contributed by atoms with Crippen LogP contribution in [0.4, 0.5) is 4.39 Å². The zero-order chi connectivity index (χ0) is 21.9. The van der Waals surface area contributed by atoms with E-state index < -0.39 is 0 Å². The van der Waals surface area contributed by atoms with Gasteiger partial charge in [0.15, 0.2) is 5.78 Å². The molecule has 0 bridgehead atoms. The molecule has 0 aliphatic carbocycles. The maximum Gasteiger partial charge on any atom is 0.173 e. The summed E-state index contributed by atoms with van der Waals surface area (Å²) in [5.41, 5.74) is 3.94. The van der Waals surface area contributed by atoms with Gasteiger partial charge in [-0.2, -0.15) is 0 Å². The Morgan fingerprint density at radius 3 is 2.41 bits per heavy atom. The van der Waals surface area contributed by atoms with Gasteiger partial charge in [-0.3, -0.25) is 4.79 Å². The molecule has 32 heavy (non-hydrogen) atoms. The second-order valence-electron chi connectivity index (χ2n) is 7.21. The largest absolute Gasteiger partial charge is 0.300 e. The fourth-order valence-electron chi connectivity index (χ4n) is 3.64. The standard InChI is InChI=1S/C26H18FN3OS/c27-20-12-7-13-21(14-20)30-15-22(18-8-3-1-4-9-18)24-25(30)28-17-29-26(24)32-16-23(31)19-10-5-2-6-11-19/h1-15,17H,16H2. The summed E-state index contributed by atoms with van der Waals surface area (Å²) in [6.07, 6.45) is 3.44. The van der Waals surface area contributed by atoms with Crippen molar-refractivity contribution in [1.29, 1.82) is 0 Å². The second kappa shape index (κ2) is 8.77. The molecule has 0 spiro atoms. The van der Waals surface area contributed by atoms with Crippen molar-refractivity contribution >= 4 is 28.6 Å². The van der Waals surface area contributed by atoms with E-state index in [0.717, 1.165) is 16.5 Å². The van der Waals surface area contributed by atoms with Gasteiger partial charge < -0.3 is 4.57 Å². The van der Waals surface area contributed by atoms with Crippen LogP contribution in [0.3, 0.4) is 0 Å². The van der Waals surface area contributed by atoms with E-state index in [0.29, 0.717) is 21.9 Å². The van der Waals surface area contributed by atoms with E-state index in [1.807, 2.05) is 77.5 Å². The number of fused-ring (bicyclic) bond motifs is 1. The van der Waals surface area contributed by atoms with E-state index in [1.165, 1.54) is 30.2 Å². The van der Waals surface area contributed by atoms with Crippen LogP contribution in [-0.4, -0.2) is 26.1 Å². The number of benzene rings is 3. The fourth-order valence-corrected chi connectivity index (χ4v) is 4.55. The van der Waals surface area contributed by atoms with Crippen LogP contribution in [-0.2, 0) is 0 Å². The van der Waals surface area contributed by atoms with Gasteiger partial charge in [-0.15, -0.1) is 0 Å². The predicted octanol–water partition coefficient (Wildman–Crippen LogP) is 6.20. The monoisotopic (exact) mass is 439 g/mol. The van der Waals surface area contributed by atoms with Crippen molar-refractivity contribution in [2.45, 2.75) is 5.03 Å². The number of hydrogen-bond donors (Lipinski definition) is 0. The Labute approximate surface area is 188 Å². The first kappa shape index (κ1) is 20.2. The van der Waals surface area contributed by atoms with Crippen LogP contribution in [0.15, 0.2) is 102 Å². The van der Waals surface area contributed by atoms with E-state index in [-0.39, 0.29) is 17.4 Å². The van der Waals surface area contributed by atoms with Gasteiger partial charge in [0.2, 0.25) is 0 Å². The minimum absolute atomic E-state index is 0.0354. The lowest BCUT2D eigenvalue weighted by atomic mass is 10.1. The Balaban J connectivity index is 1.62. The minimum Gasteiger partial charge on any atom is -0.300 e. The summed E-state index contributed by atoms with van der Waals surface area (Å²) in [6.45, 7) is 0. The molecule has 2 aromatic heterocycles. The molecule has 0 fully saturated rings. The number of carbonyl (C=O) groups excluding carboxylic acids is 1. The van der Waals surface area contributed by atoms with Crippen LogP contribution in [0.2, 0.25) is 0 Å². The summed E-state index contributed by atoms with van der Waals surface area (Å²) in [7, 11) is 0. The van der Waals surface area contributed by atoms with Gasteiger partial charge in [0.25, 0.3) is 0 Å². The van der Waals surface area contributed by atoms with Gasteiger partial charge >= 0.3 is 0 Å². The number of nitrogens with zero attached hydrogens (tertiary/aromatic N) is 3. The molecule has 4 nitrogen and oxygen atoms in total. The smallest absolute Gasteiger partial charge is 0.173 e. The zero-order valence-corrected chi connectivity index (χ0v) is 17.8. The van der Waals surface area contributed by atoms with Crippen LogP contribution in [0, 0.1) is 5.82 Å². The maximum absolute atomic E-state index is 13.9. The highest BCUT2D eigenvalue weighted by atomic mass is 32.2. The van der Waals surface area contributed by atoms with Crippen LogP contribution in [0.5, 0.6) is 0 Å². The highest BCUT2D eigenvalue weighted by Crippen LogP contribution is 2.37. The van der Waals surface area contributed by atoms with Gasteiger partial charge in [0.1, 0.15) is 22.8 Å². The SMILES string of the molecule is O=C(CSc1ncnc2c1c(-c1ccccc1)cn2-c1cccc(F)c1)c1ccccc1. The van der Waals surface area contributed by atoms with Crippen molar-refractivity contribution in [3.05, 3.63) is 109 Å². The Hall–Kier alpha value is -3.77. The van der Waals surface area contributed by atoms with E-state index >= 15 is 0 Å². The number of hydrogen-bond acceptors (Lipinski definition) is 4. The lowest BCUT2D eigenvalue weighted by Gasteiger charge is -2.06. The van der Waals surface area contributed by atoms with Crippen LogP contribution in [0.1, 0.15) is 10.4 Å². The Morgan fingerprint density at radius 1 is 0.906 bits per heavy atom. The molecule has 156 valence electrons. The molecule has 5 rings (SSSR count). The molecule has 0 aliphatic heterocycles. The molecule has 6 heteroatoms. The fraction of sp³-hybridized carbons (Fsp3) is 0.0385. The van der Waals surface area contributed by atoms with Gasteiger partial charge in [-0.1, -0.05) is 78.5 Å². The molecule has 0 radical (unpaired) electrons. The molecule has 0 atom stereocenters. The van der Waals surface area contributed by atoms with Crippen molar-refractivity contribution in [3.63, 3.8) is 0 Å². The average Bonchev–Trinajstić information content (AvgIpc) is 3.24. The Bertz CT molecular complexity index is 1400. The number of carbonyl (C=O) groups is 1. The molecule has 3 aromatic carbocycles. The third kappa shape index (κ3) is 3.92. The van der Waals surface area contributed by atoms with E-state index in [1.54, 1.807) is 6.07 Å². The molecular weight excluding hydrogens is 421 g/mol. The molecule has 0 N–H and O–H groups in total. The summed E-state index contributed by atoms with van der Waals surface area (Å²) in [5, 5.41) is 1.56. The highest BCUT2D eigenvalue weighted by Gasteiger charge is 2.19. The molecule has 0 aliphatic rings. The van der Waals surface area contributed by atoms with Gasteiger partial charge in [0.05, 0.1) is 11.1 Å². The number of halogens is 1. The summed E-state index contributed by atoms with van der Waals surface area (Å²) in [6, 6.07) is 25.6. The van der Waals surface area contributed by atoms with Crippen molar-refractivity contribution < 1.29 is 9.18 Å². The number of thioether (sulfide) groups is 1. The molecule has 0 unspecified atom stereocenters. The molecule has 0 amide bonds. The first-order valence-corrected chi connectivity index (χ1v) is 11.1. The van der Waals surface area contributed by atoms with E-state index in [2.05, 4.69) is 9.97 Å². The lowest BCUT2D eigenvalue weighted by Crippen LogP contribution is -2.02. The van der Waals surface area contributed by atoms with Crippen molar-refractivity contribution in [1.82, 2.24) is 14.5 Å². The number of rotatable bonds is 6. The van der Waals surface area contributed by atoms with Gasteiger partial charge in [-0.05, 0) is 23.8 Å². The van der Waals surface area contributed by atoms with Gasteiger partial charge in [-0.25, -0.2) is 14.4 Å². The first-order chi connectivity index (χ1) is 15.7. The number of ketones is 1. The van der Waals surface area contributed by atoms with Gasteiger partial charge in [0, 0.05) is 23.0 Å². The first-order valence-electron chi connectivity index (χ1n) is 10.1. The third-order valence-electron chi connectivity index (χ3n) is 5.16. The molecular formula is C26H18FN3OS. The van der Waals surface area contributed by atoms with Crippen molar-refractivity contribution in [2.75, 3.05) is 5.75 Å². The molecule has 0 saturated carbocycles. The highest BCUT2D eigenvalue weighted by molar-refractivity contribution is 8.00. The molecule has 2 heterocycles. The van der Waals surface area contributed by atoms with Crippen molar-refractivity contribution in [3.8, 4) is 16.8 Å². The summed E-state index contributed by atoms with van der Waals surface area (Å²) in [4.78, 5) is 21.7. The number of aromatic nitrogens is 3. The number of Topliss-reactive ketones (excluding diaryl/α,β-unsaturated/α-hetero) is 1. The lowest BCUT2D eigenvalue weighted by molar-refractivity contribution is 0.102. The van der Waals surface area contributed by atoms with E-state index in [9.17, 15) is 9.18 Å². The predicted molar refractivity (Wildman–Crippen MR) is 126 cm³/mol.